The number of carbonyl (C=O) groups is 1. The molecule has 0 N–H and O–H groups in total. The van der Waals surface area contributed by atoms with Crippen molar-refractivity contribution in [1.82, 2.24) is 0 Å². The largest absolute Gasteiger partial charge is 0.303 e. The van der Waals surface area contributed by atoms with E-state index in [2.05, 4.69) is 26.8 Å². The summed E-state index contributed by atoms with van der Waals surface area (Å²) < 4.78 is 0. The fraction of sp³-hybridized carbons (Fsp3) is 0.800. The van der Waals surface area contributed by atoms with Crippen LogP contribution in [-0.2, 0) is 4.79 Å². The van der Waals surface area contributed by atoms with E-state index in [1.165, 1.54) is 19.1 Å². The van der Waals surface area contributed by atoms with Crippen molar-refractivity contribution >= 4 is 6.29 Å². The third-order valence-corrected chi connectivity index (χ3v) is 4.75. The highest BCUT2D eigenvalue weighted by Gasteiger charge is 2.37. The summed E-state index contributed by atoms with van der Waals surface area (Å²) in [7, 11) is 0. The van der Waals surface area contributed by atoms with E-state index < -0.39 is 0 Å². The van der Waals surface area contributed by atoms with Crippen LogP contribution >= 0.6 is 0 Å². The van der Waals surface area contributed by atoms with E-state index in [0.717, 1.165) is 24.7 Å². The van der Waals surface area contributed by atoms with Crippen molar-refractivity contribution in [3.8, 4) is 0 Å². The van der Waals surface area contributed by atoms with Crippen LogP contribution in [0.4, 0.5) is 0 Å². The van der Waals surface area contributed by atoms with Crippen molar-refractivity contribution in [2.45, 2.75) is 46.5 Å². The SMILES string of the molecule is CC(C)[C@@H]1CCC=C2C[C@H](C)[C@@H](C=O)C[C@H]21. The summed E-state index contributed by atoms with van der Waals surface area (Å²) in [6, 6.07) is 0. The number of hydrogen-bond acceptors (Lipinski definition) is 1. The van der Waals surface area contributed by atoms with Crippen LogP contribution in [0.15, 0.2) is 11.6 Å². The molecule has 0 aromatic rings. The Balaban J connectivity index is 2.18. The number of fused-ring (bicyclic) bond motifs is 1. The zero-order chi connectivity index (χ0) is 11.7. The van der Waals surface area contributed by atoms with E-state index in [1.807, 2.05) is 0 Å². The van der Waals surface area contributed by atoms with Crippen molar-refractivity contribution < 1.29 is 4.79 Å². The number of carbonyl (C=O) groups excluding carboxylic acids is 1. The average Bonchev–Trinajstić information content (AvgIpc) is 2.26. The Bertz CT molecular complexity index is 290. The highest BCUT2D eigenvalue weighted by atomic mass is 16.1. The van der Waals surface area contributed by atoms with Crippen LogP contribution in [0.25, 0.3) is 0 Å². The van der Waals surface area contributed by atoms with E-state index in [0.29, 0.717) is 17.8 Å². The highest BCUT2D eigenvalue weighted by molar-refractivity contribution is 5.55. The summed E-state index contributed by atoms with van der Waals surface area (Å²) in [4.78, 5) is 11.1. The van der Waals surface area contributed by atoms with Gasteiger partial charge in [0.05, 0.1) is 0 Å². The van der Waals surface area contributed by atoms with E-state index in [1.54, 1.807) is 5.57 Å². The average molecular weight is 220 g/mol. The Morgan fingerprint density at radius 1 is 1.44 bits per heavy atom. The van der Waals surface area contributed by atoms with Gasteiger partial charge in [0, 0.05) is 5.92 Å². The molecule has 2 rings (SSSR count). The van der Waals surface area contributed by atoms with Crippen LogP contribution in [0, 0.1) is 29.6 Å². The molecule has 1 heteroatoms. The van der Waals surface area contributed by atoms with Crippen molar-refractivity contribution in [2.75, 3.05) is 0 Å². The van der Waals surface area contributed by atoms with Crippen LogP contribution < -0.4 is 0 Å². The Morgan fingerprint density at radius 2 is 2.19 bits per heavy atom. The summed E-state index contributed by atoms with van der Waals surface area (Å²) >= 11 is 0. The molecular weight excluding hydrogens is 196 g/mol. The van der Waals surface area contributed by atoms with Crippen LogP contribution in [0.2, 0.25) is 0 Å². The Hall–Kier alpha value is -0.590. The smallest absolute Gasteiger partial charge is 0.123 e. The highest BCUT2D eigenvalue weighted by Crippen LogP contribution is 2.46. The zero-order valence-electron chi connectivity index (χ0n) is 10.8. The first-order valence-corrected chi connectivity index (χ1v) is 6.77. The molecule has 1 nitrogen and oxygen atoms in total. The van der Waals surface area contributed by atoms with Crippen LogP contribution in [0.3, 0.4) is 0 Å². The normalized spacial score (nSPS) is 39.1. The summed E-state index contributed by atoms with van der Waals surface area (Å²) in [5, 5.41) is 0. The maximum absolute atomic E-state index is 11.1. The predicted molar refractivity (Wildman–Crippen MR) is 67.1 cm³/mol. The lowest BCUT2D eigenvalue weighted by atomic mass is 9.62. The van der Waals surface area contributed by atoms with Crippen molar-refractivity contribution in [1.29, 1.82) is 0 Å². The molecule has 0 amide bonds. The predicted octanol–water partition coefficient (Wildman–Crippen LogP) is 3.84. The van der Waals surface area contributed by atoms with Crippen LogP contribution in [0.5, 0.6) is 0 Å². The molecule has 2 aliphatic carbocycles. The second-order valence-corrected chi connectivity index (χ2v) is 6.09. The molecule has 0 saturated heterocycles. The molecule has 1 saturated carbocycles. The Kier molecular flexibility index (Phi) is 3.51. The van der Waals surface area contributed by atoms with Crippen LogP contribution in [-0.4, -0.2) is 6.29 Å². The molecule has 1 fully saturated rings. The molecule has 0 bridgehead atoms. The standard InChI is InChI=1S/C15H24O/c1-10(2)14-6-4-5-12-7-11(3)13(9-16)8-15(12)14/h5,9-11,13-15H,4,6-8H2,1-3H3/t11-,13+,14-,15+/m0/s1. The first-order valence-electron chi connectivity index (χ1n) is 6.77. The second kappa shape index (κ2) is 4.73. The molecule has 0 aliphatic heterocycles. The number of rotatable bonds is 2. The Morgan fingerprint density at radius 3 is 2.81 bits per heavy atom. The summed E-state index contributed by atoms with van der Waals surface area (Å²) in [5.41, 5.74) is 1.66. The molecule has 16 heavy (non-hydrogen) atoms. The van der Waals surface area contributed by atoms with Gasteiger partial charge in [0.15, 0.2) is 0 Å². The summed E-state index contributed by atoms with van der Waals surface area (Å²) in [6.45, 7) is 6.90. The van der Waals surface area contributed by atoms with E-state index in [-0.39, 0.29) is 0 Å². The molecule has 2 aliphatic rings. The van der Waals surface area contributed by atoms with Gasteiger partial charge >= 0.3 is 0 Å². The fourth-order valence-corrected chi connectivity index (χ4v) is 3.69. The van der Waals surface area contributed by atoms with Crippen LogP contribution in [0.1, 0.15) is 46.5 Å². The van der Waals surface area contributed by atoms with Gasteiger partial charge < -0.3 is 4.79 Å². The summed E-state index contributed by atoms with van der Waals surface area (Å²) in [5.74, 6) is 3.15. The first-order chi connectivity index (χ1) is 7.63. The summed E-state index contributed by atoms with van der Waals surface area (Å²) in [6.07, 6.45) is 8.52. The van der Waals surface area contributed by atoms with Gasteiger partial charge in [-0.3, -0.25) is 0 Å². The van der Waals surface area contributed by atoms with Gasteiger partial charge in [0.2, 0.25) is 0 Å². The van der Waals surface area contributed by atoms with Gasteiger partial charge in [-0.15, -0.1) is 0 Å². The molecule has 0 aromatic heterocycles. The van der Waals surface area contributed by atoms with Gasteiger partial charge in [-0.25, -0.2) is 0 Å². The number of aldehydes is 1. The zero-order valence-corrected chi connectivity index (χ0v) is 10.8. The fourth-order valence-electron chi connectivity index (χ4n) is 3.69. The molecule has 0 aromatic carbocycles. The first kappa shape index (κ1) is 11.9. The minimum absolute atomic E-state index is 0.307. The van der Waals surface area contributed by atoms with Gasteiger partial charge in [-0.05, 0) is 49.4 Å². The topological polar surface area (TPSA) is 17.1 Å². The van der Waals surface area contributed by atoms with Crippen molar-refractivity contribution in [2.24, 2.45) is 29.6 Å². The number of allylic oxidation sites excluding steroid dienone is 2. The third kappa shape index (κ3) is 2.09. The van der Waals surface area contributed by atoms with Gasteiger partial charge in [0.1, 0.15) is 6.29 Å². The lowest BCUT2D eigenvalue weighted by Crippen LogP contribution is -2.34. The number of hydrogen-bond donors (Lipinski definition) is 0. The molecule has 0 radical (unpaired) electrons. The maximum Gasteiger partial charge on any atom is 0.123 e. The molecule has 0 spiro atoms. The van der Waals surface area contributed by atoms with E-state index >= 15 is 0 Å². The molecule has 0 heterocycles. The van der Waals surface area contributed by atoms with Crippen molar-refractivity contribution in [3.63, 3.8) is 0 Å². The molecule has 90 valence electrons. The maximum atomic E-state index is 11.1. The Labute approximate surface area is 99.3 Å². The minimum atomic E-state index is 0.307. The van der Waals surface area contributed by atoms with Gasteiger partial charge in [-0.2, -0.15) is 0 Å². The van der Waals surface area contributed by atoms with E-state index in [4.69, 9.17) is 0 Å². The molecular formula is C15H24O. The quantitative estimate of drug-likeness (QED) is 0.510. The van der Waals surface area contributed by atoms with E-state index in [9.17, 15) is 4.79 Å². The monoisotopic (exact) mass is 220 g/mol. The lowest BCUT2D eigenvalue weighted by Gasteiger charge is -2.42. The van der Waals surface area contributed by atoms with Gasteiger partial charge in [0.25, 0.3) is 0 Å². The van der Waals surface area contributed by atoms with Gasteiger partial charge in [-0.1, -0.05) is 32.4 Å². The lowest BCUT2D eigenvalue weighted by molar-refractivity contribution is -0.113. The third-order valence-electron chi connectivity index (χ3n) is 4.75. The van der Waals surface area contributed by atoms with Crippen molar-refractivity contribution in [3.05, 3.63) is 11.6 Å². The minimum Gasteiger partial charge on any atom is -0.303 e. The molecule has 0 unspecified atom stereocenters. The molecule has 4 atom stereocenters. The second-order valence-electron chi connectivity index (χ2n) is 6.09.